The van der Waals surface area contributed by atoms with Crippen LogP contribution in [0.3, 0.4) is 0 Å². The molecule has 0 aliphatic heterocycles. The van der Waals surface area contributed by atoms with Gasteiger partial charge >= 0.3 is 0 Å². The topological polar surface area (TPSA) is 72.3 Å². The lowest BCUT2D eigenvalue weighted by molar-refractivity contribution is -0.133. The second kappa shape index (κ2) is 13.9. The molecule has 1 atom stereocenters. The standard InChI is InChI=1S/C21H37N3O/c1-2-3-4-5-6-12-17-24(18-19-13-8-7-9-14-19)21(25)20(23)15-10-11-16-22/h7-9,13-14,20H,2-6,10-12,15-18,22-23H2,1H3/t20-/m0/s1. The van der Waals surface area contributed by atoms with E-state index in [0.29, 0.717) is 13.1 Å². The maximum Gasteiger partial charge on any atom is 0.239 e. The van der Waals surface area contributed by atoms with Crippen LogP contribution >= 0.6 is 0 Å². The maximum atomic E-state index is 12.8. The molecule has 0 saturated heterocycles. The Morgan fingerprint density at radius 3 is 2.36 bits per heavy atom. The van der Waals surface area contributed by atoms with Gasteiger partial charge in [-0.3, -0.25) is 4.79 Å². The van der Waals surface area contributed by atoms with E-state index in [0.717, 1.165) is 37.8 Å². The first-order valence-electron chi connectivity index (χ1n) is 9.97. The van der Waals surface area contributed by atoms with Crippen molar-refractivity contribution >= 4 is 5.91 Å². The molecule has 1 aromatic rings. The highest BCUT2D eigenvalue weighted by Gasteiger charge is 2.20. The highest BCUT2D eigenvalue weighted by atomic mass is 16.2. The first-order valence-corrected chi connectivity index (χ1v) is 9.97. The molecule has 25 heavy (non-hydrogen) atoms. The third-order valence-electron chi connectivity index (χ3n) is 4.60. The Morgan fingerprint density at radius 1 is 1.00 bits per heavy atom. The van der Waals surface area contributed by atoms with Gasteiger partial charge in [0.25, 0.3) is 0 Å². The molecule has 0 aromatic heterocycles. The molecule has 1 aromatic carbocycles. The van der Waals surface area contributed by atoms with E-state index in [-0.39, 0.29) is 5.91 Å². The van der Waals surface area contributed by atoms with Crippen molar-refractivity contribution in [3.63, 3.8) is 0 Å². The average Bonchev–Trinajstić information content (AvgIpc) is 2.64. The summed E-state index contributed by atoms with van der Waals surface area (Å²) in [6.07, 6.45) is 9.91. The van der Waals surface area contributed by atoms with Crippen molar-refractivity contribution in [1.82, 2.24) is 4.90 Å². The summed E-state index contributed by atoms with van der Waals surface area (Å²) in [5, 5.41) is 0. The number of rotatable bonds is 14. The summed E-state index contributed by atoms with van der Waals surface area (Å²) in [5.41, 5.74) is 12.8. The monoisotopic (exact) mass is 347 g/mol. The van der Waals surface area contributed by atoms with Crippen LogP contribution in [0, 0.1) is 0 Å². The van der Waals surface area contributed by atoms with Crippen LogP contribution in [0.4, 0.5) is 0 Å². The molecule has 0 spiro atoms. The quantitative estimate of drug-likeness (QED) is 0.502. The molecule has 0 unspecified atom stereocenters. The predicted octanol–water partition coefficient (Wildman–Crippen LogP) is 3.83. The summed E-state index contributed by atoms with van der Waals surface area (Å²) in [6, 6.07) is 9.77. The Hall–Kier alpha value is -1.39. The van der Waals surface area contributed by atoms with Crippen molar-refractivity contribution in [3.05, 3.63) is 35.9 Å². The van der Waals surface area contributed by atoms with Gasteiger partial charge in [-0.05, 0) is 31.4 Å². The van der Waals surface area contributed by atoms with Gasteiger partial charge in [-0.1, -0.05) is 75.8 Å². The largest absolute Gasteiger partial charge is 0.337 e. The van der Waals surface area contributed by atoms with Crippen LogP contribution in [0.5, 0.6) is 0 Å². The number of hydrogen-bond donors (Lipinski definition) is 2. The van der Waals surface area contributed by atoms with Crippen LogP contribution < -0.4 is 11.5 Å². The van der Waals surface area contributed by atoms with Gasteiger partial charge < -0.3 is 16.4 Å². The third kappa shape index (κ3) is 9.61. The molecule has 0 aliphatic rings. The van der Waals surface area contributed by atoms with Crippen LogP contribution in [-0.4, -0.2) is 29.9 Å². The molecular formula is C21H37N3O. The van der Waals surface area contributed by atoms with E-state index in [1.807, 2.05) is 23.1 Å². The summed E-state index contributed by atoms with van der Waals surface area (Å²) in [4.78, 5) is 14.7. The molecule has 1 amide bonds. The van der Waals surface area contributed by atoms with Gasteiger partial charge in [-0.25, -0.2) is 0 Å². The van der Waals surface area contributed by atoms with E-state index in [1.165, 1.54) is 32.1 Å². The number of amides is 1. The van der Waals surface area contributed by atoms with Gasteiger partial charge in [0.05, 0.1) is 6.04 Å². The first kappa shape index (κ1) is 21.7. The number of unbranched alkanes of at least 4 members (excludes halogenated alkanes) is 6. The molecule has 4 N–H and O–H groups in total. The fourth-order valence-electron chi connectivity index (χ4n) is 3.02. The van der Waals surface area contributed by atoms with Crippen LogP contribution in [0.15, 0.2) is 30.3 Å². The van der Waals surface area contributed by atoms with Crippen LogP contribution in [0.2, 0.25) is 0 Å². The van der Waals surface area contributed by atoms with Crippen LogP contribution in [-0.2, 0) is 11.3 Å². The lowest BCUT2D eigenvalue weighted by Gasteiger charge is -2.26. The van der Waals surface area contributed by atoms with Gasteiger partial charge in [-0.15, -0.1) is 0 Å². The zero-order valence-corrected chi connectivity index (χ0v) is 16.0. The molecule has 0 aliphatic carbocycles. The van der Waals surface area contributed by atoms with Gasteiger partial charge in [0, 0.05) is 13.1 Å². The van der Waals surface area contributed by atoms with Crippen molar-refractivity contribution in [3.8, 4) is 0 Å². The number of benzene rings is 1. The minimum Gasteiger partial charge on any atom is -0.337 e. The van der Waals surface area contributed by atoms with Crippen molar-refractivity contribution in [1.29, 1.82) is 0 Å². The number of nitrogens with zero attached hydrogens (tertiary/aromatic N) is 1. The minimum atomic E-state index is -0.407. The molecule has 142 valence electrons. The van der Waals surface area contributed by atoms with Gasteiger partial charge in [0.2, 0.25) is 5.91 Å². The molecule has 4 nitrogen and oxygen atoms in total. The van der Waals surface area contributed by atoms with Gasteiger partial charge in [0.15, 0.2) is 0 Å². The second-order valence-electron chi connectivity index (χ2n) is 6.90. The second-order valence-corrected chi connectivity index (χ2v) is 6.90. The Bertz CT molecular complexity index is 450. The smallest absolute Gasteiger partial charge is 0.239 e. The van der Waals surface area contributed by atoms with E-state index in [9.17, 15) is 4.79 Å². The molecule has 0 heterocycles. The van der Waals surface area contributed by atoms with Crippen molar-refractivity contribution in [2.24, 2.45) is 11.5 Å². The third-order valence-corrected chi connectivity index (χ3v) is 4.60. The molecule has 4 heteroatoms. The highest BCUT2D eigenvalue weighted by molar-refractivity contribution is 5.81. The normalized spacial score (nSPS) is 12.1. The molecule has 0 bridgehead atoms. The average molecular weight is 348 g/mol. The number of carbonyl (C=O) groups excluding carboxylic acids is 1. The van der Waals surface area contributed by atoms with E-state index in [4.69, 9.17) is 11.5 Å². The number of nitrogens with two attached hydrogens (primary N) is 2. The Morgan fingerprint density at radius 2 is 1.68 bits per heavy atom. The molecule has 0 saturated carbocycles. The lowest BCUT2D eigenvalue weighted by atomic mass is 10.1. The SMILES string of the molecule is CCCCCCCCN(Cc1ccccc1)C(=O)[C@@H](N)CCCCN. The van der Waals surface area contributed by atoms with Crippen molar-refractivity contribution in [2.75, 3.05) is 13.1 Å². The molecule has 0 radical (unpaired) electrons. The number of carbonyl (C=O) groups is 1. The van der Waals surface area contributed by atoms with Crippen LogP contribution in [0.1, 0.15) is 70.3 Å². The number of hydrogen-bond acceptors (Lipinski definition) is 3. The molecule has 1 rings (SSSR count). The molecule has 0 fully saturated rings. The lowest BCUT2D eigenvalue weighted by Crippen LogP contribution is -2.43. The summed E-state index contributed by atoms with van der Waals surface area (Å²) in [5.74, 6) is 0.0782. The zero-order chi connectivity index (χ0) is 18.3. The fraction of sp³-hybridized carbons (Fsp3) is 0.667. The fourth-order valence-corrected chi connectivity index (χ4v) is 3.02. The van der Waals surface area contributed by atoms with E-state index in [2.05, 4.69) is 19.1 Å². The van der Waals surface area contributed by atoms with E-state index >= 15 is 0 Å². The Labute approximate surface area is 154 Å². The molecular weight excluding hydrogens is 310 g/mol. The zero-order valence-electron chi connectivity index (χ0n) is 16.0. The predicted molar refractivity (Wildman–Crippen MR) is 106 cm³/mol. The van der Waals surface area contributed by atoms with Crippen molar-refractivity contribution in [2.45, 2.75) is 77.3 Å². The van der Waals surface area contributed by atoms with Crippen molar-refractivity contribution < 1.29 is 4.79 Å². The Balaban J connectivity index is 2.52. The van der Waals surface area contributed by atoms with E-state index in [1.54, 1.807) is 0 Å². The Kier molecular flexibility index (Phi) is 12.0. The van der Waals surface area contributed by atoms with Gasteiger partial charge in [0.1, 0.15) is 0 Å². The first-order chi connectivity index (χ1) is 12.2. The maximum absolute atomic E-state index is 12.8. The summed E-state index contributed by atoms with van der Waals surface area (Å²) in [6.45, 7) is 4.34. The van der Waals surface area contributed by atoms with Gasteiger partial charge in [-0.2, -0.15) is 0 Å². The minimum absolute atomic E-state index is 0.0782. The van der Waals surface area contributed by atoms with Crippen LogP contribution in [0.25, 0.3) is 0 Å². The highest BCUT2D eigenvalue weighted by Crippen LogP contribution is 2.12. The summed E-state index contributed by atoms with van der Waals surface area (Å²) in [7, 11) is 0. The summed E-state index contributed by atoms with van der Waals surface area (Å²) >= 11 is 0. The summed E-state index contributed by atoms with van der Waals surface area (Å²) < 4.78 is 0. The van der Waals surface area contributed by atoms with E-state index < -0.39 is 6.04 Å².